The molecular formula is C14H12Cl2FNO2S. The molecule has 0 aliphatic carbocycles. The first-order valence-corrected chi connectivity index (χ1v) is 8.39. The van der Waals surface area contributed by atoms with Crippen molar-refractivity contribution in [2.45, 2.75) is 17.2 Å². The van der Waals surface area contributed by atoms with E-state index in [2.05, 4.69) is 0 Å². The molecule has 0 aliphatic rings. The fourth-order valence-electron chi connectivity index (χ4n) is 1.93. The Bertz CT molecular complexity index is 779. The molecule has 0 fully saturated rings. The van der Waals surface area contributed by atoms with Gasteiger partial charge in [-0.05, 0) is 41.5 Å². The number of halogens is 3. The third-order valence-corrected chi connectivity index (χ3v) is 5.34. The molecule has 0 amide bonds. The average Bonchev–Trinajstić information content (AvgIpc) is 2.41. The first kappa shape index (κ1) is 16.2. The molecule has 0 unspecified atom stereocenters. The molecule has 0 spiro atoms. The van der Waals surface area contributed by atoms with E-state index in [0.29, 0.717) is 11.1 Å². The summed E-state index contributed by atoms with van der Waals surface area (Å²) in [5.41, 5.74) is 6.43. The number of hydrogen-bond donors (Lipinski definition) is 1. The Morgan fingerprint density at radius 2 is 1.76 bits per heavy atom. The van der Waals surface area contributed by atoms with Crippen molar-refractivity contribution in [3.05, 3.63) is 63.4 Å². The smallest absolute Gasteiger partial charge is 0.184 e. The molecule has 0 atom stereocenters. The highest BCUT2D eigenvalue weighted by molar-refractivity contribution is 7.90. The van der Waals surface area contributed by atoms with E-state index in [1.54, 1.807) is 0 Å². The molecule has 0 heterocycles. The van der Waals surface area contributed by atoms with E-state index in [0.717, 1.165) is 6.07 Å². The number of nitrogens with two attached hydrogens (primary N) is 1. The van der Waals surface area contributed by atoms with Crippen molar-refractivity contribution >= 4 is 33.0 Å². The lowest BCUT2D eigenvalue weighted by Crippen LogP contribution is -2.10. The quantitative estimate of drug-likeness (QED) is 0.919. The molecule has 0 aromatic heterocycles. The zero-order chi connectivity index (χ0) is 15.6. The van der Waals surface area contributed by atoms with Gasteiger partial charge in [0.2, 0.25) is 0 Å². The van der Waals surface area contributed by atoms with Crippen molar-refractivity contribution in [2.24, 2.45) is 5.73 Å². The second-order valence-electron chi connectivity index (χ2n) is 4.45. The summed E-state index contributed by atoms with van der Waals surface area (Å²) in [5, 5.41) is 0.335. The highest BCUT2D eigenvalue weighted by Crippen LogP contribution is 2.28. The molecule has 3 nitrogen and oxygen atoms in total. The maximum absolute atomic E-state index is 13.3. The lowest BCUT2D eigenvalue weighted by molar-refractivity contribution is 0.594. The minimum atomic E-state index is -3.75. The Labute approximate surface area is 132 Å². The van der Waals surface area contributed by atoms with Crippen LogP contribution in [0, 0.1) is 5.82 Å². The summed E-state index contributed by atoms with van der Waals surface area (Å²) in [6.07, 6.45) is 0. The van der Waals surface area contributed by atoms with E-state index < -0.39 is 21.4 Å². The topological polar surface area (TPSA) is 60.2 Å². The van der Waals surface area contributed by atoms with Crippen molar-refractivity contribution in [1.29, 1.82) is 0 Å². The standard InChI is InChI=1S/C14H12Cl2FNO2S/c15-11-2-4-13(16)14(6-11)21(19,20)8-10-5-12(17)3-1-9(10)7-18/h1-6H,7-8,18H2. The van der Waals surface area contributed by atoms with Gasteiger partial charge in [-0.2, -0.15) is 0 Å². The number of hydrogen-bond acceptors (Lipinski definition) is 3. The molecule has 7 heteroatoms. The van der Waals surface area contributed by atoms with Gasteiger partial charge < -0.3 is 5.73 Å². The van der Waals surface area contributed by atoms with E-state index in [1.165, 1.54) is 30.3 Å². The van der Waals surface area contributed by atoms with Gasteiger partial charge in [-0.15, -0.1) is 0 Å². The van der Waals surface area contributed by atoms with Crippen LogP contribution < -0.4 is 5.73 Å². The molecule has 21 heavy (non-hydrogen) atoms. The third-order valence-electron chi connectivity index (χ3n) is 2.96. The summed E-state index contributed by atoms with van der Waals surface area (Å²) in [6, 6.07) is 8.06. The van der Waals surface area contributed by atoms with Gasteiger partial charge in [0.15, 0.2) is 9.84 Å². The summed E-state index contributed by atoms with van der Waals surface area (Å²) in [6.45, 7) is 0.119. The SMILES string of the molecule is NCc1ccc(F)cc1CS(=O)(=O)c1cc(Cl)ccc1Cl. The fourth-order valence-corrected chi connectivity index (χ4v) is 4.14. The van der Waals surface area contributed by atoms with E-state index >= 15 is 0 Å². The van der Waals surface area contributed by atoms with Crippen molar-refractivity contribution in [1.82, 2.24) is 0 Å². The second-order valence-corrected chi connectivity index (χ2v) is 7.25. The Kier molecular flexibility index (Phi) is 4.88. The molecule has 2 N–H and O–H groups in total. The second kappa shape index (κ2) is 6.32. The van der Waals surface area contributed by atoms with Crippen LogP contribution in [-0.2, 0) is 22.1 Å². The lowest BCUT2D eigenvalue weighted by atomic mass is 10.1. The van der Waals surface area contributed by atoms with E-state index in [4.69, 9.17) is 28.9 Å². The van der Waals surface area contributed by atoms with E-state index in [-0.39, 0.29) is 21.5 Å². The predicted molar refractivity (Wildman–Crippen MR) is 81.6 cm³/mol. The van der Waals surface area contributed by atoms with Gasteiger partial charge in [0, 0.05) is 11.6 Å². The monoisotopic (exact) mass is 347 g/mol. The van der Waals surface area contributed by atoms with Crippen LogP contribution in [0.1, 0.15) is 11.1 Å². The largest absolute Gasteiger partial charge is 0.326 e. The average molecular weight is 348 g/mol. The van der Waals surface area contributed by atoms with Gasteiger partial charge in [-0.1, -0.05) is 29.3 Å². The predicted octanol–water partition coefficient (Wildman–Crippen LogP) is 3.57. The lowest BCUT2D eigenvalue weighted by Gasteiger charge is -2.10. The Morgan fingerprint density at radius 1 is 1.05 bits per heavy atom. The molecular weight excluding hydrogens is 336 g/mol. The third kappa shape index (κ3) is 3.74. The summed E-state index contributed by atoms with van der Waals surface area (Å²) in [5.74, 6) is -0.910. The van der Waals surface area contributed by atoms with Gasteiger partial charge in [0.25, 0.3) is 0 Å². The van der Waals surface area contributed by atoms with Gasteiger partial charge in [0.1, 0.15) is 5.82 Å². The van der Waals surface area contributed by atoms with Crippen LogP contribution in [0.5, 0.6) is 0 Å². The van der Waals surface area contributed by atoms with Crippen LogP contribution in [0.25, 0.3) is 0 Å². The molecule has 0 saturated carbocycles. The number of benzene rings is 2. The fraction of sp³-hybridized carbons (Fsp3) is 0.143. The highest BCUT2D eigenvalue weighted by atomic mass is 35.5. The van der Waals surface area contributed by atoms with Crippen LogP contribution in [0.3, 0.4) is 0 Å². The Balaban J connectivity index is 2.47. The van der Waals surface area contributed by atoms with E-state index in [1.807, 2.05) is 0 Å². The molecule has 112 valence electrons. The zero-order valence-electron chi connectivity index (χ0n) is 10.8. The molecule has 2 aromatic carbocycles. The van der Waals surface area contributed by atoms with Gasteiger partial charge in [-0.3, -0.25) is 0 Å². The van der Waals surface area contributed by atoms with E-state index in [9.17, 15) is 12.8 Å². The minimum Gasteiger partial charge on any atom is -0.326 e. The summed E-state index contributed by atoms with van der Waals surface area (Å²) >= 11 is 11.7. The van der Waals surface area contributed by atoms with Crippen LogP contribution in [0.2, 0.25) is 10.0 Å². The number of sulfone groups is 1. The minimum absolute atomic E-state index is 0.0742. The molecule has 0 radical (unpaired) electrons. The number of rotatable bonds is 4. The molecule has 2 aromatic rings. The maximum Gasteiger partial charge on any atom is 0.184 e. The van der Waals surface area contributed by atoms with Gasteiger partial charge >= 0.3 is 0 Å². The first-order chi connectivity index (χ1) is 9.83. The van der Waals surface area contributed by atoms with Crippen LogP contribution in [0.4, 0.5) is 4.39 Å². The molecule has 0 aliphatic heterocycles. The molecule has 2 rings (SSSR count). The van der Waals surface area contributed by atoms with Crippen LogP contribution >= 0.6 is 23.2 Å². The Hall–Kier alpha value is -1.14. The van der Waals surface area contributed by atoms with Crippen LogP contribution in [-0.4, -0.2) is 8.42 Å². The van der Waals surface area contributed by atoms with Crippen molar-refractivity contribution in [3.63, 3.8) is 0 Å². The van der Waals surface area contributed by atoms with Gasteiger partial charge in [0.05, 0.1) is 15.7 Å². The summed E-state index contributed by atoms with van der Waals surface area (Å²) in [4.78, 5) is -0.0797. The first-order valence-electron chi connectivity index (χ1n) is 5.98. The highest BCUT2D eigenvalue weighted by Gasteiger charge is 2.21. The van der Waals surface area contributed by atoms with Crippen LogP contribution in [0.15, 0.2) is 41.3 Å². The Morgan fingerprint density at radius 3 is 2.43 bits per heavy atom. The molecule has 0 saturated heterocycles. The van der Waals surface area contributed by atoms with Crippen molar-refractivity contribution < 1.29 is 12.8 Å². The summed E-state index contributed by atoms with van der Waals surface area (Å²) < 4.78 is 38.2. The van der Waals surface area contributed by atoms with Gasteiger partial charge in [-0.25, -0.2) is 12.8 Å². The molecule has 0 bridgehead atoms. The van der Waals surface area contributed by atoms with Crippen molar-refractivity contribution in [2.75, 3.05) is 0 Å². The summed E-state index contributed by atoms with van der Waals surface area (Å²) in [7, 11) is -3.75. The maximum atomic E-state index is 13.3. The van der Waals surface area contributed by atoms with Crippen molar-refractivity contribution in [3.8, 4) is 0 Å². The normalized spacial score (nSPS) is 11.6. The zero-order valence-corrected chi connectivity index (χ0v) is 13.1.